The fourth-order valence-electron chi connectivity index (χ4n) is 3.17. The van der Waals surface area contributed by atoms with Crippen LogP contribution in [0.5, 0.6) is 0 Å². The van der Waals surface area contributed by atoms with Crippen LogP contribution < -0.4 is 0 Å². The van der Waals surface area contributed by atoms with E-state index in [1.54, 1.807) is 6.07 Å². The molecule has 0 atom stereocenters. The predicted octanol–water partition coefficient (Wildman–Crippen LogP) is 2.54. The molecule has 0 bridgehead atoms. The number of aromatic nitrogens is 2. The normalized spacial score (nSPS) is 16.6. The van der Waals surface area contributed by atoms with E-state index in [1.807, 2.05) is 12.4 Å². The Morgan fingerprint density at radius 3 is 2.46 bits per heavy atom. The van der Waals surface area contributed by atoms with Crippen molar-refractivity contribution in [2.75, 3.05) is 32.7 Å². The van der Waals surface area contributed by atoms with Crippen LogP contribution in [-0.4, -0.2) is 52.1 Å². The first-order valence-corrected chi connectivity index (χ1v) is 8.54. The number of rotatable bonds is 6. The molecule has 130 valence electrons. The van der Waals surface area contributed by atoms with Crippen LogP contribution in [0.15, 0.2) is 30.6 Å². The molecule has 24 heavy (non-hydrogen) atoms. The van der Waals surface area contributed by atoms with Gasteiger partial charge in [0.05, 0.1) is 0 Å². The smallest absolute Gasteiger partial charge is 0.159 e. The second kappa shape index (κ2) is 7.85. The van der Waals surface area contributed by atoms with Gasteiger partial charge in [-0.3, -0.25) is 9.80 Å². The van der Waals surface area contributed by atoms with Gasteiger partial charge < -0.3 is 4.57 Å². The number of benzene rings is 1. The Kier molecular flexibility index (Phi) is 5.58. The summed E-state index contributed by atoms with van der Waals surface area (Å²) in [5, 5.41) is 0. The summed E-state index contributed by atoms with van der Waals surface area (Å²) in [6, 6.07) is 4.17. The minimum atomic E-state index is -0.783. The van der Waals surface area contributed by atoms with E-state index >= 15 is 0 Å². The third kappa shape index (κ3) is 4.19. The minimum absolute atomic E-state index is 0.673. The molecule has 2 aromatic rings. The molecule has 1 saturated heterocycles. The number of hydrogen-bond acceptors (Lipinski definition) is 3. The first-order valence-electron chi connectivity index (χ1n) is 8.54. The van der Waals surface area contributed by atoms with Crippen molar-refractivity contribution < 1.29 is 8.78 Å². The highest BCUT2D eigenvalue weighted by molar-refractivity contribution is 5.17. The molecule has 3 rings (SSSR count). The summed E-state index contributed by atoms with van der Waals surface area (Å²) in [5.41, 5.74) is 0.827. The van der Waals surface area contributed by atoms with Crippen LogP contribution in [0.4, 0.5) is 8.78 Å². The van der Waals surface area contributed by atoms with E-state index in [0.717, 1.165) is 57.1 Å². The van der Waals surface area contributed by atoms with Gasteiger partial charge in [-0.15, -0.1) is 0 Å². The number of imidazole rings is 1. The van der Waals surface area contributed by atoms with Gasteiger partial charge in [-0.05, 0) is 17.7 Å². The molecule has 1 aromatic heterocycles. The van der Waals surface area contributed by atoms with Gasteiger partial charge in [-0.1, -0.05) is 13.0 Å². The summed E-state index contributed by atoms with van der Waals surface area (Å²) < 4.78 is 28.5. The Morgan fingerprint density at radius 2 is 1.75 bits per heavy atom. The minimum Gasteiger partial charge on any atom is -0.334 e. The Morgan fingerprint density at radius 1 is 1.00 bits per heavy atom. The zero-order valence-electron chi connectivity index (χ0n) is 14.1. The van der Waals surface area contributed by atoms with Crippen LogP contribution in [-0.2, 0) is 19.5 Å². The van der Waals surface area contributed by atoms with Crippen LogP contribution in [0.3, 0.4) is 0 Å². The van der Waals surface area contributed by atoms with Gasteiger partial charge in [0, 0.05) is 64.6 Å². The number of nitrogens with zero attached hydrogens (tertiary/aromatic N) is 4. The standard InChI is InChI=1S/C18H24F2N4/c1-2-18-21-5-6-24(18)12-11-22-7-9-23(10-8-22)14-15-3-4-16(19)17(20)13-15/h3-6,13H,2,7-12,14H2,1H3. The molecule has 0 radical (unpaired) electrons. The molecular weight excluding hydrogens is 310 g/mol. The van der Waals surface area contributed by atoms with Crippen LogP contribution in [0.2, 0.25) is 0 Å². The summed E-state index contributed by atoms with van der Waals surface area (Å²) in [7, 11) is 0. The number of hydrogen-bond donors (Lipinski definition) is 0. The maximum atomic E-state index is 13.3. The molecule has 1 aliphatic heterocycles. The summed E-state index contributed by atoms with van der Waals surface area (Å²) in [4.78, 5) is 9.08. The summed E-state index contributed by atoms with van der Waals surface area (Å²) >= 11 is 0. The van der Waals surface area contributed by atoms with Gasteiger partial charge in [0.25, 0.3) is 0 Å². The quantitative estimate of drug-likeness (QED) is 0.811. The molecule has 0 amide bonds. The average Bonchev–Trinajstić information content (AvgIpc) is 3.05. The van der Waals surface area contributed by atoms with Gasteiger partial charge in [0.15, 0.2) is 11.6 Å². The predicted molar refractivity (Wildman–Crippen MR) is 89.7 cm³/mol. The average molecular weight is 334 g/mol. The molecule has 4 nitrogen and oxygen atoms in total. The van der Waals surface area contributed by atoms with Crippen LogP contribution in [0.1, 0.15) is 18.3 Å². The maximum Gasteiger partial charge on any atom is 0.159 e. The number of piperazine rings is 1. The van der Waals surface area contributed by atoms with Crippen LogP contribution >= 0.6 is 0 Å². The van der Waals surface area contributed by atoms with E-state index in [4.69, 9.17) is 0 Å². The highest BCUT2D eigenvalue weighted by Crippen LogP contribution is 2.13. The number of aryl methyl sites for hydroxylation is 1. The summed E-state index contributed by atoms with van der Waals surface area (Å²) in [5.74, 6) is -0.417. The molecule has 0 spiro atoms. The van der Waals surface area contributed by atoms with Gasteiger partial charge in [-0.2, -0.15) is 0 Å². The molecule has 0 N–H and O–H groups in total. The van der Waals surface area contributed by atoms with Crippen LogP contribution in [0, 0.1) is 11.6 Å². The van der Waals surface area contributed by atoms with Gasteiger partial charge in [0.1, 0.15) is 5.82 Å². The molecular formula is C18H24F2N4. The number of halogens is 2. The third-order valence-electron chi connectivity index (χ3n) is 4.63. The van der Waals surface area contributed by atoms with Crippen molar-refractivity contribution >= 4 is 0 Å². The lowest BCUT2D eigenvalue weighted by Gasteiger charge is -2.34. The largest absolute Gasteiger partial charge is 0.334 e. The SMILES string of the molecule is CCc1nccn1CCN1CCN(Cc2ccc(F)c(F)c2)CC1. The van der Waals surface area contributed by atoms with Crippen molar-refractivity contribution in [3.8, 4) is 0 Å². The molecule has 1 aliphatic rings. The van der Waals surface area contributed by atoms with E-state index in [-0.39, 0.29) is 0 Å². The van der Waals surface area contributed by atoms with Gasteiger partial charge in [0.2, 0.25) is 0 Å². The van der Waals surface area contributed by atoms with Crippen molar-refractivity contribution in [1.82, 2.24) is 19.4 Å². The molecule has 1 fully saturated rings. The Balaban J connectivity index is 1.44. The Bertz CT molecular complexity index is 663. The lowest BCUT2D eigenvalue weighted by atomic mass is 10.2. The van der Waals surface area contributed by atoms with Crippen molar-refractivity contribution in [3.63, 3.8) is 0 Å². The first-order chi connectivity index (χ1) is 11.7. The molecule has 2 heterocycles. The zero-order chi connectivity index (χ0) is 16.9. The van der Waals surface area contributed by atoms with Gasteiger partial charge in [-0.25, -0.2) is 13.8 Å². The van der Waals surface area contributed by atoms with Crippen molar-refractivity contribution in [3.05, 3.63) is 53.6 Å². The van der Waals surface area contributed by atoms with E-state index in [1.165, 1.54) is 12.1 Å². The maximum absolute atomic E-state index is 13.3. The third-order valence-corrected chi connectivity index (χ3v) is 4.63. The van der Waals surface area contributed by atoms with Crippen molar-refractivity contribution in [2.24, 2.45) is 0 Å². The van der Waals surface area contributed by atoms with Crippen LogP contribution in [0.25, 0.3) is 0 Å². The molecule has 1 aromatic carbocycles. The van der Waals surface area contributed by atoms with Crippen molar-refractivity contribution in [2.45, 2.75) is 26.4 Å². The van der Waals surface area contributed by atoms with Crippen molar-refractivity contribution in [1.29, 1.82) is 0 Å². The molecule has 0 aliphatic carbocycles. The van der Waals surface area contributed by atoms with E-state index in [9.17, 15) is 8.78 Å². The lowest BCUT2D eigenvalue weighted by molar-refractivity contribution is 0.124. The Hall–Kier alpha value is -1.79. The summed E-state index contributed by atoms with van der Waals surface area (Å²) in [6.45, 7) is 8.67. The fraction of sp³-hybridized carbons (Fsp3) is 0.500. The monoisotopic (exact) mass is 334 g/mol. The Labute approximate surface area is 141 Å². The second-order valence-corrected chi connectivity index (χ2v) is 6.26. The van der Waals surface area contributed by atoms with E-state index in [2.05, 4.69) is 26.3 Å². The molecule has 6 heteroatoms. The van der Waals surface area contributed by atoms with Gasteiger partial charge >= 0.3 is 0 Å². The summed E-state index contributed by atoms with van der Waals surface area (Å²) in [6.07, 6.45) is 4.85. The second-order valence-electron chi connectivity index (χ2n) is 6.26. The lowest BCUT2D eigenvalue weighted by Crippen LogP contribution is -2.46. The molecule has 0 saturated carbocycles. The highest BCUT2D eigenvalue weighted by atomic mass is 19.2. The first kappa shape index (κ1) is 17.0. The highest BCUT2D eigenvalue weighted by Gasteiger charge is 2.17. The van der Waals surface area contributed by atoms with E-state index in [0.29, 0.717) is 6.54 Å². The van der Waals surface area contributed by atoms with E-state index < -0.39 is 11.6 Å². The fourth-order valence-corrected chi connectivity index (χ4v) is 3.17. The zero-order valence-corrected chi connectivity index (χ0v) is 14.1. The topological polar surface area (TPSA) is 24.3 Å². The molecule has 0 unspecified atom stereocenters.